The Morgan fingerprint density at radius 1 is 1.10 bits per heavy atom. The smallest absolute Gasteiger partial charge is 0.343 e. The normalized spacial score (nSPS) is 10.2. The van der Waals surface area contributed by atoms with Crippen LogP contribution in [0, 0.1) is 0 Å². The van der Waals surface area contributed by atoms with E-state index < -0.39 is 5.97 Å². The van der Waals surface area contributed by atoms with Gasteiger partial charge in [-0.15, -0.1) is 0 Å². The third kappa shape index (κ3) is 4.07. The summed E-state index contributed by atoms with van der Waals surface area (Å²) in [5.41, 5.74) is 7.11. The molecule has 0 bridgehead atoms. The van der Waals surface area contributed by atoms with Crippen molar-refractivity contribution < 1.29 is 14.3 Å². The van der Waals surface area contributed by atoms with Crippen LogP contribution in [0.4, 0.5) is 0 Å². The van der Waals surface area contributed by atoms with Crippen LogP contribution in [0.15, 0.2) is 48.5 Å². The summed E-state index contributed by atoms with van der Waals surface area (Å²) in [5.74, 6) is 0.585. The minimum absolute atomic E-state index is 0.400. The van der Waals surface area contributed by atoms with E-state index in [1.807, 2.05) is 25.1 Å². The topological polar surface area (TPSA) is 61.6 Å². The maximum absolute atomic E-state index is 12.1. The van der Waals surface area contributed by atoms with Gasteiger partial charge in [-0.1, -0.05) is 24.3 Å². The first-order valence-corrected chi connectivity index (χ1v) is 6.97. The number of carbonyl (C=O) groups is 1. The highest BCUT2D eigenvalue weighted by atomic mass is 16.6. The standard InChI is InChI=1S/C17H19NO3/c1-2-20-16-12-13(10-11-18)8-9-15(16)21-17(19)14-6-4-3-5-7-14/h3-9,12H,2,10-11,18H2,1H3. The van der Waals surface area contributed by atoms with Crippen molar-refractivity contribution in [1.82, 2.24) is 0 Å². The van der Waals surface area contributed by atoms with Crippen LogP contribution in [0.5, 0.6) is 11.5 Å². The van der Waals surface area contributed by atoms with E-state index in [1.165, 1.54) is 0 Å². The molecule has 0 unspecified atom stereocenters. The summed E-state index contributed by atoms with van der Waals surface area (Å²) in [6.07, 6.45) is 0.757. The van der Waals surface area contributed by atoms with Crippen molar-refractivity contribution in [3.8, 4) is 11.5 Å². The van der Waals surface area contributed by atoms with Gasteiger partial charge in [0, 0.05) is 0 Å². The third-order valence-electron chi connectivity index (χ3n) is 2.95. The first kappa shape index (κ1) is 15.1. The van der Waals surface area contributed by atoms with Gasteiger partial charge in [0.1, 0.15) is 0 Å². The summed E-state index contributed by atoms with van der Waals surface area (Å²) < 4.78 is 11.0. The van der Waals surface area contributed by atoms with Crippen LogP contribution in [0.1, 0.15) is 22.8 Å². The zero-order valence-corrected chi connectivity index (χ0v) is 12.0. The Morgan fingerprint density at radius 3 is 2.52 bits per heavy atom. The molecule has 0 amide bonds. The number of rotatable bonds is 6. The third-order valence-corrected chi connectivity index (χ3v) is 2.95. The molecule has 4 heteroatoms. The van der Waals surface area contributed by atoms with E-state index >= 15 is 0 Å². The lowest BCUT2D eigenvalue weighted by atomic mass is 10.1. The van der Waals surface area contributed by atoms with E-state index in [9.17, 15) is 4.79 Å². The maximum atomic E-state index is 12.1. The molecular formula is C17H19NO3. The zero-order chi connectivity index (χ0) is 15.1. The van der Waals surface area contributed by atoms with Crippen LogP contribution in [0.3, 0.4) is 0 Å². The number of esters is 1. The number of hydrogen-bond acceptors (Lipinski definition) is 4. The summed E-state index contributed by atoms with van der Waals surface area (Å²) in [5, 5.41) is 0. The average Bonchev–Trinajstić information content (AvgIpc) is 2.51. The lowest BCUT2D eigenvalue weighted by molar-refractivity contribution is 0.0728. The Hall–Kier alpha value is -2.33. The average molecular weight is 285 g/mol. The molecular weight excluding hydrogens is 266 g/mol. The van der Waals surface area contributed by atoms with E-state index in [0.717, 1.165) is 12.0 Å². The summed E-state index contributed by atoms with van der Waals surface area (Å²) in [7, 11) is 0. The van der Waals surface area contributed by atoms with Crippen LogP contribution in [0.2, 0.25) is 0 Å². The van der Waals surface area contributed by atoms with E-state index in [0.29, 0.717) is 30.2 Å². The van der Waals surface area contributed by atoms with Gasteiger partial charge in [-0.3, -0.25) is 0 Å². The molecule has 0 fully saturated rings. The fraction of sp³-hybridized carbons (Fsp3) is 0.235. The fourth-order valence-corrected chi connectivity index (χ4v) is 1.96. The van der Waals surface area contributed by atoms with E-state index in [1.54, 1.807) is 30.3 Å². The first-order chi connectivity index (χ1) is 10.2. The summed E-state index contributed by atoms with van der Waals surface area (Å²) >= 11 is 0. The molecule has 21 heavy (non-hydrogen) atoms. The Kier molecular flexibility index (Phi) is 5.35. The summed E-state index contributed by atoms with van der Waals surface area (Å²) in [6, 6.07) is 14.4. The van der Waals surface area contributed by atoms with Crippen LogP contribution < -0.4 is 15.2 Å². The lowest BCUT2D eigenvalue weighted by Gasteiger charge is -2.12. The van der Waals surface area contributed by atoms with Crippen molar-refractivity contribution in [2.24, 2.45) is 5.73 Å². The SMILES string of the molecule is CCOc1cc(CCN)ccc1OC(=O)c1ccccc1. The molecule has 0 aromatic heterocycles. The van der Waals surface area contributed by atoms with Crippen molar-refractivity contribution in [1.29, 1.82) is 0 Å². The fourth-order valence-electron chi connectivity index (χ4n) is 1.96. The van der Waals surface area contributed by atoms with Crippen molar-refractivity contribution in [2.75, 3.05) is 13.2 Å². The van der Waals surface area contributed by atoms with Crippen molar-refractivity contribution in [3.63, 3.8) is 0 Å². The van der Waals surface area contributed by atoms with Gasteiger partial charge in [0.15, 0.2) is 11.5 Å². The van der Waals surface area contributed by atoms with E-state index in [2.05, 4.69) is 0 Å². The number of ether oxygens (including phenoxy) is 2. The van der Waals surface area contributed by atoms with E-state index in [-0.39, 0.29) is 0 Å². The molecule has 2 N–H and O–H groups in total. The number of nitrogens with two attached hydrogens (primary N) is 1. The minimum Gasteiger partial charge on any atom is -0.490 e. The van der Waals surface area contributed by atoms with Gasteiger partial charge in [0.25, 0.3) is 0 Å². The second-order valence-corrected chi connectivity index (χ2v) is 4.51. The van der Waals surface area contributed by atoms with Crippen molar-refractivity contribution in [3.05, 3.63) is 59.7 Å². The summed E-state index contributed by atoms with van der Waals surface area (Å²) in [6.45, 7) is 2.95. The highest BCUT2D eigenvalue weighted by Gasteiger charge is 2.12. The van der Waals surface area contributed by atoms with E-state index in [4.69, 9.17) is 15.2 Å². The molecule has 0 radical (unpaired) electrons. The summed E-state index contributed by atoms with van der Waals surface area (Å²) in [4.78, 5) is 12.1. The molecule has 0 saturated heterocycles. The largest absolute Gasteiger partial charge is 0.490 e. The van der Waals surface area contributed by atoms with Crippen LogP contribution in [-0.4, -0.2) is 19.1 Å². The van der Waals surface area contributed by atoms with Crippen molar-refractivity contribution in [2.45, 2.75) is 13.3 Å². The monoisotopic (exact) mass is 285 g/mol. The molecule has 0 aliphatic heterocycles. The molecule has 2 rings (SSSR count). The molecule has 0 atom stereocenters. The quantitative estimate of drug-likeness (QED) is 0.655. The molecule has 0 aliphatic carbocycles. The van der Waals surface area contributed by atoms with Gasteiger partial charge < -0.3 is 15.2 Å². The van der Waals surface area contributed by atoms with Gasteiger partial charge in [0.2, 0.25) is 0 Å². The molecule has 2 aromatic rings. The molecule has 0 aliphatic rings. The maximum Gasteiger partial charge on any atom is 0.343 e. The molecule has 0 heterocycles. The molecule has 0 saturated carbocycles. The molecule has 0 spiro atoms. The molecule has 4 nitrogen and oxygen atoms in total. The number of carbonyl (C=O) groups excluding carboxylic acids is 1. The second kappa shape index (κ2) is 7.45. The Bertz CT molecular complexity index is 596. The minimum atomic E-state index is -0.400. The zero-order valence-electron chi connectivity index (χ0n) is 12.0. The Labute approximate surface area is 124 Å². The van der Waals surface area contributed by atoms with Gasteiger partial charge in [-0.2, -0.15) is 0 Å². The lowest BCUT2D eigenvalue weighted by Crippen LogP contribution is -2.10. The van der Waals surface area contributed by atoms with Crippen LogP contribution >= 0.6 is 0 Å². The highest BCUT2D eigenvalue weighted by molar-refractivity contribution is 5.91. The van der Waals surface area contributed by atoms with Gasteiger partial charge in [-0.25, -0.2) is 4.79 Å². The van der Waals surface area contributed by atoms with Crippen molar-refractivity contribution >= 4 is 5.97 Å². The Morgan fingerprint density at radius 2 is 1.86 bits per heavy atom. The number of benzene rings is 2. The van der Waals surface area contributed by atoms with Crippen LogP contribution in [0.25, 0.3) is 0 Å². The number of hydrogen-bond donors (Lipinski definition) is 1. The van der Waals surface area contributed by atoms with Gasteiger partial charge in [-0.05, 0) is 49.7 Å². The molecule has 110 valence electrons. The van der Waals surface area contributed by atoms with Crippen LogP contribution in [-0.2, 0) is 6.42 Å². The second-order valence-electron chi connectivity index (χ2n) is 4.51. The van der Waals surface area contributed by atoms with Gasteiger partial charge >= 0.3 is 5.97 Å². The Balaban J connectivity index is 2.20. The predicted molar refractivity (Wildman–Crippen MR) is 81.8 cm³/mol. The van der Waals surface area contributed by atoms with Gasteiger partial charge in [0.05, 0.1) is 12.2 Å². The molecule has 2 aromatic carbocycles. The highest BCUT2D eigenvalue weighted by Crippen LogP contribution is 2.29. The predicted octanol–water partition coefficient (Wildman–Crippen LogP) is 2.81. The first-order valence-electron chi connectivity index (χ1n) is 6.97.